The molecule has 1 aliphatic rings. The summed E-state index contributed by atoms with van der Waals surface area (Å²) in [6.45, 7) is 6.70. The van der Waals surface area contributed by atoms with Crippen LogP contribution in [0.3, 0.4) is 0 Å². The van der Waals surface area contributed by atoms with Crippen molar-refractivity contribution in [2.24, 2.45) is 0 Å². The first-order valence-corrected chi connectivity index (χ1v) is 12.0. The Hall–Kier alpha value is -3.65. The molecule has 0 saturated carbocycles. The van der Waals surface area contributed by atoms with Crippen LogP contribution < -0.4 is 15.3 Å². The van der Waals surface area contributed by atoms with E-state index in [-0.39, 0.29) is 35.4 Å². The van der Waals surface area contributed by atoms with E-state index in [0.717, 1.165) is 6.42 Å². The van der Waals surface area contributed by atoms with Gasteiger partial charge in [0.25, 0.3) is 0 Å². The molecule has 1 unspecified atom stereocenters. The average Bonchev–Trinajstić information content (AvgIpc) is 2.87. The lowest BCUT2D eigenvalue weighted by atomic mass is 10.0. The van der Waals surface area contributed by atoms with Crippen LogP contribution in [0.5, 0.6) is 5.88 Å². The fourth-order valence-electron chi connectivity index (χ4n) is 4.91. The molecular formula is C25H29F2N7O2. The van der Waals surface area contributed by atoms with Crippen molar-refractivity contribution in [1.82, 2.24) is 24.4 Å². The monoisotopic (exact) mass is 497 g/mol. The predicted molar refractivity (Wildman–Crippen MR) is 131 cm³/mol. The molecule has 9 nitrogen and oxygen atoms in total. The highest BCUT2D eigenvalue weighted by molar-refractivity contribution is 5.86. The SMILES string of the molecule is CC[C@H]1CN(C(C)c2cccc(OC(F)F)n2)[C@H](C)CN1c1nc(=O)n(CC)c2ccc(C#N)nc12. The maximum absolute atomic E-state index is 12.9. The molecule has 36 heavy (non-hydrogen) atoms. The Morgan fingerprint density at radius 1 is 1.17 bits per heavy atom. The van der Waals surface area contributed by atoms with Gasteiger partial charge in [-0.15, -0.1) is 0 Å². The summed E-state index contributed by atoms with van der Waals surface area (Å²) < 4.78 is 31.4. The van der Waals surface area contributed by atoms with Crippen molar-refractivity contribution in [1.29, 1.82) is 5.26 Å². The number of aromatic nitrogens is 4. The molecule has 190 valence electrons. The number of hydrogen-bond acceptors (Lipinski definition) is 8. The molecule has 0 aromatic carbocycles. The summed E-state index contributed by atoms with van der Waals surface area (Å²) in [4.78, 5) is 30.5. The molecule has 4 heterocycles. The Morgan fingerprint density at radius 2 is 1.94 bits per heavy atom. The Bertz CT molecular complexity index is 1340. The molecule has 3 aromatic rings. The number of piperazine rings is 1. The zero-order valence-electron chi connectivity index (χ0n) is 20.7. The molecule has 3 atom stereocenters. The molecule has 0 aliphatic carbocycles. The van der Waals surface area contributed by atoms with E-state index >= 15 is 0 Å². The molecule has 3 aromatic heterocycles. The summed E-state index contributed by atoms with van der Waals surface area (Å²) in [5.74, 6) is 0.368. The van der Waals surface area contributed by atoms with E-state index in [2.05, 4.69) is 49.4 Å². The first-order valence-electron chi connectivity index (χ1n) is 12.0. The van der Waals surface area contributed by atoms with Crippen molar-refractivity contribution in [3.63, 3.8) is 0 Å². The summed E-state index contributed by atoms with van der Waals surface area (Å²) in [7, 11) is 0. The van der Waals surface area contributed by atoms with Crippen LogP contribution in [-0.2, 0) is 6.54 Å². The minimum absolute atomic E-state index is 0.00395. The molecular weight excluding hydrogens is 468 g/mol. The van der Waals surface area contributed by atoms with Crippen molar-refractivity contribution >= 4 is 16.9 Å². The van der Waals surface area contributed by atoms with Crippen LogP contribution >= 0.6 is 0 Å². The summed E-state index contributed by atoms with van der Waals surface area (Å²) >= 11 is 0. The minimum atomic E-state index is -2.93. The van der Waals surface area contributed by atoms with E-state index in [1.54, 1.807) is 28.8 Å². The number of fused-ring (bicyclic) bond motifs is 1. The maximum Gasteiger partial charge on any atom is 0.388 e. The van der Waals surface area contributed by atoms with Gasteiger partial charge in [0.1, 0.15) is 17.3 Å². The van der Waals surface area contributed by atoms with Crippen LogP contribution in [0, 0.1) is 11.3 Å². The van der Waals surface area contributed by atoms with Gasteiger partial charge in [-0.25, -0.2) is 14.8 Å². The molecule has 0 N–H and O–H groups in total. The number of anilines is 1. The van der Waals surface area contributed by atoms with Gasteiger partial charge in [0.2, 0.25) is 5.88 Å². The second-order valence-corrected chi connectivity index (χ2v) is 8.85. The lowest BCUT2D eigenvalue weighted by Gasteiger charge is -2.48. The van der Waals surface area contributed by atoms with Gasteiger partial charge in [0, 0.05) is 43.8 Å². The number of halogens is 2. The first-order chi connectivity index (χ1) is 17.3. The van der Waals surface area contributed by atoms with Gasteiger partial charge in [-0.1, -0.05) is 13.0 Å². The van der Waals surface area contributed by atoms with Crippen molar-refractivity contribution in [2.45, 2.75) is 65.4 Å². The normalized spacial score (nSPS) is 19.4. The summed E-state index contributed by atoms with van der Waals surface area (Å²) in [6, 6.07) is 10.2. The topological polar surface area (TPSA) is 100 Å². The molecule has 1 aliphatic heterocycles. The molecule has 0 bridgehead atoms. The average molecular weight is 498 g/mol. The van der Waals surface area contributed by atoms with Gasteiger partial charge < -0.3 is 9.64 Å². The fraction of sp³-hybridized carbons (Fsp3) is 0.480. The highest BCUT2D eigenvalue weighted by Gasteiger charge is 2.36. The zero-order valence-corrected chi connectivity index (χ0v) is 20.7. The van der Waals surface area contributed by atoms with Crippen LogP contribution in [-0.4, -0.2) is 56.2 Å². The number of aryl methyl sites for hydroxylation is 1. The molecule has 0 radical (unpaired) electrons. The maximum atomic E-state index is 12.9. The number of alkyl halides is 2. The number of ether oxygens (including phenoxy) is 1. The third-order valence-corrected chi connectivity index (χ3v) is 6.75. The first kappa shape index (κ1) is 25.4. The third-order valence-electron chi connectivity index (χ3n) is 6.75. The van der Waals surface area contributed by atoms with E-state index in [4.69, 9.17) is 0 Å². The molecule has 0 amide bonds. The highest BCUT2D eigenvalue weighted by Crippen LogP contribution is 2.32. The van der Waals surface area contributed by atoms with Crippen molar-refractivity contribution < 1.29 is 13.5 Å². The Kier molecular flexibility index (Phi) is 7.45. The van der Waals surface area contributed by atoms with Crippen LogP contribution in [0.4, 0.5) is 14.6 Å². The predicted octanol–water partition coefficient (Wildman–Crippen LogP) is 3.73. The molecule has 4 rings (SSSR count). The molecule has 11 heteroatoms. The van der Waals surface area contributed by atoms with Crippen LogP contribution in [0.1, 0.15) is 51.5 Å². The van der Waals surface area contributed by atoms with Crippen molar-refractivity contribution in [3.8, 4) is 11.9 Å². The van der Waals surface area contributed by atoms with Gasteiger partial charge in [-0.3, -0.25) is 9.47 Å². The Morgan fingerprint density at radius 3 is 2.61 bits per heavy atom. The van der Waals surface area contributed by atoms with E-state index in [9.17, 15) is 18.8 Å². The van der Waals surface area contributed by atoms with Gasteiger partial charge in [0.15, 0.2) is 5.82 Å². The summed E-state index contributed by atoms with van der Waals surface area (Å²) in [6.07, 6.45) is 0.774. The summed E-state index contributed by atoms with van der Waals surface area (Å²) in [5, 5.41) is 9.41. The third kappa shape index (κ3) is 4.86. The smallest absolute Gasteiger partial charge is 0.388 e. The van der Waals surface area contributed by atoms with Crippen LogP contribution in [0.15, 0.2) is 35.1 Å². The van der Waals surface area contributed by atoms with E-state index in [1.807, 2.05) is 13.8 Å². The Balaban J connectivity index is 1.69. The number of nitriles is 1. The van der Waals surface area contributed by atoms with Crippen LogP contribution in [0.2, 0.25) is 0 Å². The summed E-state index contributed by atoms with van der Waals surface area (Å²) in [5.41, 5.74) is 1.71. The molecule has 0 spiro atoms. The second-order valence-electron chi connectivity index (χ2n) is 8.85. The Labute approximate surface area is 208 Å². The van der Waals surface area contributed by atoms with Gasteiger partial charge in [-0.2, -0.15) is 19.0 Å². The molecule has 1 fully saturated rings. The highest BCUT2D eigenvalue weighted by atomic mass is 19.3. The van der Waals surface area contributed by atoms with E-state index in [0.29, 0.717) is 42.2 Å². The van der Waals surface area contributed by atoms with Crippen molar-refractivity contribution in [3.05, 3.63) is 52.2 Å². The quantitative estimate of drug-likeness (QED) is 0.487. The van der Waals surface area contributed by atoms with Gasteiger partial charge in [-0.05, 0) is 45.4 Å². The fourth-order valence-corrected chi connectivity index (χ4v) is 4.91. The van der Waals surface area contributed by atoms with Gasteiger partial charge >= 0.3 is 12.3 Å². The number of hydrogen-bond donors (Lipinski definition) is 0. The van der Waals surface area contributed by atoms with Crippen molar-refractivity contribution in [2.75, 3.05) is 18.0 Å². The van der Waals surface area contributed by atoms with E-state index < -0.39 is 6.61 Å². The standard InChI is InChI=1S/C25H29F2N7O2/c1-5-18-14-33(16(4)19-8-7-9-21(30-19)36-24(26)27)15(3)13-34(18)23-22-20(11-10-17(12-28)29-22)32(6-2)25(35)31-23/h7-11,15-16,18,24H,5-6,13-14H2,1-4H3/t15-,16?,18+/m1/s1. The number of rotatable bonds is 7. The largest absolute Gasteiger partial charge is 0.417 e. The number of pyridine rings is 2. The second kappa shape index (κ2) is 10.5. The molecule has 1 saturated heterocycles. The van der Waals surface area contributed by atoms with Gasteiger partial charge in [0.05, 0.1) is 11.2 Å². The minimum Gasteiger partial charge on any atom is -0.417 e. The number of nitrogens with zero attached hydrogens (tertiary/aromatic N) is 7. The van der Waals surface area contributed by atoms with Crippen LogP contribution in [0.25, 0.3) is 11.0 Å². The van der Waals surface area contributed by atoms with E-state index in [1.165, 1.54) is 6.07 Å². The lowest BCUT2D eigenvalue weighted by molar-refractivity contribution is -0.0531. The zero-order chi connectivity index (χ0) is 26.0. The lowest BCUT2D eigenvalue weighted by Crippen LogP contribution is -2.58.